The molecule has 0 amide bonds. The Morgan fingerprint density at radius 1 is 1.25 bits per heavy atom. The van der Waals surface area contributed by atoms with Crippen LogP contribution in [0.3, 0.4) is 0 Å². The van der Waals surface area contributed by atoms with Crippen LogP contribution in [-0.4, -0.2) is 36.6 Å². The zero-order valence-corrected chi connectivity index (χ0v) is 13.3. The fourth-order valence-electron chi connectivity index (χ4n) is 2.18. The monoisotopic (exact) mass is 283 g/mol. The first-order valence-electron chi connectivity index (χ1n) is 7.69. The number of methoxy groups -OCH3 is 1. The fourth-order valence-corrected chi connectivity index (χ4v) is 2.18. The van der Waals surface area contributed by atoms with Crippen molar-refractivity contribution in [3.05, 3.63) is 11.9 Å². The average molecular weight is 283 g/mol. The Hall–Kier alpha value is -1.07. The molecule has 1 unspecified atom stereocenters. The number of ether oxygens (including phenoxy) is 2. The minimum Gasteiger partial charge on any atom is -0.493 e. The van der Waals surface area contributed by atoms with Gasteiger partial charge in [-0.05, 0) is 25.8 Å². The normalized spacial score (nSPS) is 12.6. The van der Waals surface area contributed by atoms with E-state index in [1.165, 1.54) is 0 Å². The molecule has 20 heavy (non-hydrogen) atoms. The molecule has 0 fully saturated rings. The van der Waals surface area contributed by atoms with Gasteiger partial charge in [0, 0.05) is 13.2 Å². The molecule has 0 aliphatic rings. The van der Waals surface area contributed by atoms with Gasteiger partial charge < -0.3 is 14.8 Å². The summed E-state index contributed by atoms with van der Waals surface area (Å²) in [5.74, 6) is 0.840. The van der Waals surface area contributed by atoms with Gasteiger partial charge in [-0.2, -0.15) is 5.10 Å². The van der Waals surface area contributed by atoms with Crippen molar-refractivity contribution in [1.82, 2.24) is 15.1 Å². The van der Waals surface area contributed by atoms with Crippen molar-refractivity contribution >= 4 is 0 Å². The number of rotatable bonds is 11. The highest BCUT2D eigenvalue weighted by Crippen LogP contribution is 2.25. The molecule has 0 spiro atoms. The van der Waals surface area contributed by atoms with Gasteiger partial charge >= 0.3 is 0 Å². The van der Waals surface area contributed by atoms with Crippen molar-refractivity contribution < 1.29 is 9.47 Å². The lowest BCUT2D eigenvalue weighted by molar-refractivity contribution is 0.108. The van der Waals surface area contributed by atoms with Crippen molar-refractivity contribution in [2.24, 2.45) is 0 Å². The molecular weight excluding hydrogens is 254 g/mol. The summed E-state index contributed by atoms with van der Waals surface area (Å²) in [7, 11) is 1.70. The van der Waals surface area contributed by atoms with Gasteiger partial charge in [-0.1, -0.05) is 20.8 Å². The van der Waals surface area contributed by atoms with Crippen molar-refractivity contribution in [1.29, 1.82) is 0 Å². The standard InChI is InChI=1S/C15H29N3O2/c1-5-8-16-13(12-20-10-7-3)15-14(19-4)11-17-18(15)9-6-2/h11,13,16H,5-10,12H2,1-4H3. The highest BCUT2D eigenvalue weighted by atomic mass is 16.5. The van der Waals surface area contributed by atoms with Crippen LogP contribution in [0, 0.1) is 0 Å². The zero-order valence-electron chi connectivity index (χ0n) is 13.3. The van der Waals surface area contributed by atoms with Crippen LogP contribution in [0.4, 0.5) is 0 Å². The third-order valence-electron chi connectivity index (χ3n) is 3.10. The molecular formula is C15H29N3O2. The summed E-state index contributed by atoms with van der Waals surface area (Å²) in [6, 6.07) is 0.130. The predicted molar refractivity (Wildman–Crippen MR) is 81.2 cm³/mol. The second-order valence-corrected chi connectivity index (χ2v) is 4.90. The minimum atomic E-state index is 0.130. The molecule has 0 aromatic carbocycles. The maximum atomic E-state index is 5.74. The molecule has 5 heteroatoms. The topological polar surface area (TPSA) is 48.3 Å². The van der Waals surface area contributed by atoms with Gasteiger partial charge in [0.2, 0.25) is 0 Å². The number of nitrogens with zero attached hydrogens (tertiary/aromatic N) is 2. The maximum Gasteiger partial charge on any atom is 0.161 e. The zero-order chi connectivity index (χ0) is 14.8. The van der Waals surface area contributed by atoms with Crippen molar-refractivity contribution in [2.45, 2.75) is 52.6 Å². The first-order valence-corrected chi connectivity index (χ1v) is 7.69. The number of nitrogens with one attached hydrogen (secondary N) is 1. The van der Waals surface area contributed by atoms with Gasteiger partial charge in [-0.15, -0.1) is 0 Å². The SMILES string of the molecule is CCCNC(COCCC)c1c(OC)cnn1CCC. The molecule has 0 aliphatic heterocycles. The molecule has 1 heterocycles. The first-order chi connectivity index (χ1) is 9.78. The Bertz CT molecular complexity index is 366. The predicted octanol–water partition coefficient (Wildman–Crippen LogP) is 2.77. The molecule has 1 aromatic heterocycles. The summed E-state index contributed by atoms with van der Waals surface area (Å²) in [5.41, 5.74) is 1.10. The molecule has 0 saturated heterocycles. The Morgan fingerprint density at radius 3 is 2.65 bits per heavy atom. The van der Waals surface area contributed by atoms with Crippen LogP contribution in [0.15, 0.2) is 6.20 Å². The molecule has 1 rings (SSSR count). The molecule has 1 atom stereocenters. The largest absolute Gasteiger partial charge is 0.493 e. The highest BCUT2D eigenvalue weighted by molar-refractivity contribution is 5.28. The summed E-state index contributed by atoms with van der Waals surface area (Å²) in [4.78, 5) is 0. The van der Waals surface area contributed by atoms with Crippen LogP contribution >= 0.6 is 0 Å². The van der Waals surface area contributed by atoms with Gasteiger partial charge in [0.25, 0.3) is 0 Å². The Kier molecular flexibility index (Phi) is 8.30. The summed E-state index contributed by atoms with van der Waals surface area (Å²) in [5, 5.41) is 7.97. The Morgan fingerprint density at radius 2 is 2.05 bits per heavy atom. The van der Waals surface area contributed by atoms with Gasteiger partial charge in [0.1, 0.15) is 0 Å². The van der Waals surface area contributed by atoms with E-state index in [1.54, 1.807) is 13.3 Å². The number of aromatic nitrogens is 2. The molecule has 116 valence electrons. The van der Waals surface area contributed by atoms with Crippen molar-refractivity contribution in [3.63, 3.8) is 0 Å². The molecule has 1 aromatic rings. The summed E-state index contributed by atoms with van der Waals surface area (Å²) in [6.07, 6.45) is 4.97. The van der Waals surface area contributed by atoms with E-state index in [0.717, 1.165) is 50.4 Å². The lowest BCUT2D eigenvalue weighted by Crippen LogP contribution is -2.29. The second kappa shape index (κ2) is 9.77. The van der Waals surface area contributed by atoms with Gasteiger partial charge in [-0.3, -0.25) is 4.68 Å². The van der Waals surface area contributed by atoms with Crippen molar-refractivity contribution in [2.75, 3.05) is 26.9 Å². The van der Waals surface area contributed by atoms with Crippen LogP contribution in [0.1, 0.15) is 51.8 Å². The smallest absolute Gasteiger partial charge is 0.161 e. The number of hydrogen-bond acceptors (Lipinski definition) is 4. The third-order valence-corrected chi connectivity index (χ3v) is 3.10. The maximum absolute atomic E-state index is 5.74. The van der Waals surface area contributed by atoms with Crippen molar-refractivity contribution in [3.8, 4) is 5.75 Å². The number of aryl methyl sites for hydroxylation is 1. The Labute approximate surface area is 122 Å². The summed E-state index contributed by atoms with van der Waals surface area (Å²) in [6.45, 7) is 9.74. The average Bonchev–Trinajstić information content (AvgIpc) is 2.86. The third kappa shape index (κ3) is 4.80. The lowest BCUT2D eigenvalue weighted by Gasteiger charge is -2.21. The lowest BCUT2D eigenvalue weighted by atomic mass is 10.2. The van der Waals surface area contributed by atoms with E-state index in [0.29, 0.717) is 6.61 Å². The van der Waals surface area contributed by atoms with E-state index in [-0.39, 0.29) is 6.04 Å². The van der Waals surface area contributed by atoms with Crippen LogP contribution in [0.5, 0.6) is 5.75 Å². The van der Waals surface area contributed by atoms with Crippen LogP contribution < -0.4 is 10.1 Å². The quantitative estimate of drug-likeness (QED) is 0.634. The summed E-state index contributed by atoms with van der Waals surface area (Å²) < 4.78 is 13.2. The van der Waals surface area contributed by atoms with Crippen LogP contribution in [-0.2, 0) is 11.3 Å². The fraction of sp³-hybridized carbons (Fsp3) is 0.800. The van der Waals surface area contributed by atoms with Gasteiger partial charge in [-0.25, -0.2) is 0 Å². The van der Waals surface area contributed by atoms with E-state index >= 15 is 0 Å². The van der Waals surface area contributed by atoms with E-state index in [9.17, 15) is 0 Å². The Balaban J connectivity index is 2.87. The second-order valence-electron chi connectivity index (χ2n) is 4.90. The van der Waals surface area contributed by atoms with E-state index in [4.69, 9.17) is 9.47 Å². The molecule has 1 N–H and O–H groups in total. The molecule has 0 bridgehead atoms. The van der Waals surface area contributed by atoms with E-state index in [2.05, 4.69) is 31.2 Å². The van der Waals surface area contributed by atoms with E-state index < -0.39 is 0 Å². The van der Waals surface area contributed by atoms with Crippen LogP contribution in [0.25, 0.3) is 0 Å². The van der Waals surface area contributed by atoms with Gasteiger partial charge in [0.05, 0.1) is 31.6 Å². The molecule has 0 aliphatic carbocycles. The van der Waals surface area contributed by atoms with Gasteiger partial charge in [0.15, 0.2) is 5.75 Å². The van der Waals surface area contributed by atoms with E-state index in [1.807, 2.05) is 4.68 Å². The summed E-state index contributed by atoms with van der Waals surface area (Å²) >= 11 is 0. The van der Waals surface area contributed by atoms with Crippen LogP contribution in [0.2, 0.25) is 0 Å². The highest BCUT2D eigenvalue weighted by Gasteiger charge is 2.21. The molecule has 0 saturated carbocycles. The molecule has 0 radical (unpaired) electrons. The molecule has 5 nitrogen and oxygen atoms in total. The number of hydrogen-bond donors (Lipinski definition) is 1. The minimum absolute atomic E-state index is 0.130. The first kappa shape index (κ1) is 17.0.